The fourth-order valence-electron chi connectivity index (χ4n) is 2.62. The van der Waals surface area contributed by atoms with E-state index < -0.39 is 12.8 Å². The van der Waals surface area contributed by atoms with Crippen molar-refractivity contribution in [1.82, 2.24) is 9.97 Å². The van der Waals surface area contributed by atoms with Crippen LogP contribution < -0.4 is 15.4 Å². The number of carbonyl (C=O) groups excluding carboxylic acids is 1. The summed E-state index contributed by atoms with van der Waals surface area (Å²) in [4.78, 5) is 20.8. The number of benzene rings is 2. The first-order chi connectivity index (χ1) is 13.7. The molecular formula is C20H16N4O4. The van der Waals surface area contributed by atoms with Gasteiger partial charge in [-0.25, -0.2) is 14.8 Å². The van der Waals surface area contributed by atoms with Crippen LogP contribution in [0.3, 0.4) is 0 Å². The normalized spacial score (nSPS) is 10.6. The van der Waals surface area contributed by atoms with Crippen LogP contribution in [0.15, 0.2) is 71.3 Å². The number of carbonyl (C=O) groups is 1. The van der Waals surface area contributed by atoms with Crippen molar-refractivity contribution in [3.8, 4) is 17.2 Å². The van der Waals surface area contributed by atoms with Crippen molar-refractivity contribution in [2.75, 3.05) is 17.4 Å². The number of para-hydroxylation sites is 2. The molecule has 8 heteroatoms. The van der Waals surface area contributed by atoms with Crippen molar-refractivity contribution in [1.29, 1.82) is 0 Å². The van der Waals surface area contributed by atoms with E-state index in [0.717, 1.165) is 5.52 Å². The van der Waals surface area contributed by atoms with Gasteiger partial charge >= 0.3 is 6.03 Å². The molecule has 0 unspecified atom stereocenters. The Hall–Kier alpha value is -3.91. The highest BCUT2D eigenvalue weighted by Crippen LogP contribution is 2.25. The Labute approximate surface area is 159 Å². The number of hydrogen-bond acceptors (Lipinski definition) is 6. The molecule has 2 aromatic carbocycles. The lowest BCUT2D eigenvalue weighted by Crippen LogP contribution is -2.20. The van der Waals surface area contributed by atoms with Gasteiger partial charge in [0.1, 0.15) is 17.1 Å². The highest BCUT2D eigenvalue weighted by atomic mass is 16.6. The van der Waals surface area contributed by atoms with Gasteiger partial charge < -0.3 is 19.6 Å². The molecule has 28 heavy (non-hydrogen) atoms. The summed E-state index contributed by atoms with van der Waals surface area (Å²) in [5, 5.41) is 14.1. The maximum atomic E-state index is 12.2. The monoisotopic (exact) mass is 376 g/mol. The Morgan fingerprint density at radius 1 is 1.07 bits per heavy atom. The van der Waals surface area contributed by atoms with Crippen molar-refractivity contribution in [3.63, 3.8) is 0 Å². The number of hydrogen-bond donors (Lipinski definition) is 3. The van der Waals surface area contributed by atoms with Crippen LogP contribution in [0.4, 0.5) is 16.3 Å². The smallest absolute Gasteiger partial charge is 0.324 e. The molecule has 2 amide bonds. The minimum Gasteiger partial charge on any atom is -0.468 e. The van der Waals surface area contributed by atoms with Gasteiger partial charge in [0.15, 0.2) is 12.4 Å². The van der Waals surface area contributed by atoms with E-state index in [9.17, 15) is 4.79 Å². The van der Waals surface area contributed by atoms with E-state index in [2.05, 4.69) is 20.6 Å². The Kier molecular flexibility index (Phi) is 4.85. The second-order valence-corrected chi connectivity index (χ2v) is 5.79. The third-order valence-electron chi connectivity index (χ3n) is 3.89. The molecule has 2 heterocycles. The molecule has 0 aliphatic rings. The van der Waals surface area contributed by atoms with Crippen molar-refractivity contribution >= 4 is 28.6 Å². The summed E-state index contributed by atoms with van der Waals surface area (Å²) in [7, 11) is 0. The van der Waals surface area contributed by atoms with Crippen LogP contribution >= 0.6 is 0 Å². The lowest BCUT2D eigenvalue weighted by atomic mass is 10.2. The first kappa shape index (κ1) is 17.5. The number of nitrogens with zero attached hydrogens (tertiary/aromatic N) is 2. The molecule has 4 rings (SSSR count). The van der Waals surface area contributed by atoms with E-state index in [1.165, 1.54) is 0 Å². The van der Waals surface area contributed by atoms with Crippen LogP contribution in [-0.4, -0.2) is 27.9 Å². The maximum Gasteiger partial charge on any atom is 0.324 e. The molecular weight excluding hydrogens is 360 g/mol. The van der Waals surface area contributed by atoms with E-state index >= 15 is 0 Å². The highest BCUT2D eigenvalue weighted by Gasteiger charge is 2.10. The summed E-state index contributed by atoms with van der Waals surface area (Å²) in [6, 6.07) is 17.1. The van der Waals surface area contributed by atoms with Gasteiger partial charge in [-0.15, -0.1) is 0 Å². The number of aliphatic hydroxyl groups excluding tert-OH is 1. The highest BCUT2D eigenvalue weighted by molar-refractivity contribution is 5.99. The van der Waals surface area contributed by atoms with Crippen LogP contribution in [0.2, 0.25) is 0 Å². The number of urea groups is 1. The number of rotatable bonds is 5. The minimum absolute atomic E-state index is 0.359. The molecule has 8 nitrogen and oxygen atoms in total. The van der Waals surface area contributed by atoms with Crippen LogP contribution in [0.5, 0.6) is 5.75 Å². The predicted molar refractivity (Wildman–Crippen MR) is 104 cm³/mol. The number of aromatic nitrogens is 2. The first-order valence-corrected chi connectivity index (χ1v) is 8.45. The maximum absolute atomic E-state index is 12.2. The Morgan fingerprint density at radius 3 is 2.68 bits per heavy atom. The predicted octanol–water partition coefficient (Wildman–Crippen LogP) is 3.86. The molecule has 4 aromatic rings. The average molecular weight is 376 g/mol. The summed E-state index contributed by atoms with van der Waals surface area (Å²) in [6.45, 7) is -0.407. The molecule has 0 atom stereocenters. The summed E-state index contributed by atoms with van der Waals surface area (Å²) in [6.07, 6.45) is 1.57. The summed E-state index contributed by atoms with van der Waals surface area (Å²) in [5.74, 6) is 1.31. The third kappa shape index (κ3) is 3.92. The first-order valence-electron chi connectivity index (χ1n) is 8.45. The van der Waals surface area contributed by atoms with Gasteiger partial charge in [0.25, 0.3) is 0 Å². The van der Waals surface area contributed by atoms with E-state index in [1.807, 2.05) is 24.3 Å². The minimum atomic E-state index is -0.446. The van der Waals surface area contributed by atoms with Crippen LogP contribution in [0, 0.1) is 0 Å². The van der Waals surface area contributed by atoms with Crippen molar-refractivity contribution in [2.24, 2.45) is 0 Å². The van der Waals surface area contributed by atoms with Crippen LogP contribution in [0.1, 0.15) is 0 Å². The molecule has 0 bridgehead atoms. The largest absolute Gasteiger partial charge is 0.468 e. The summed E-state index contributed by atoms with van der Waals surface area (Å²) in [5.41, 5.74) is 2.72. The van der Waals surface area contributed by atoms with Gasteiger partial charge in [-0.05, 0) is 48.5 Å². The second kappa shape index (κ2) is 7.77. The number of aliphatic hydroxyl groups is 1. The molecule has 0 aliphatic carbocycles. The molecule has 140 valence electrons. The zero-order valence-electron chi connectivity index (χ0n) is 14.6. The number of fused-ring (bicyclic) bond motifs is 1. The van der Waals surface area contributed by atoms with E-state index in [4.69, 9.17) is 14.3 Å². The van der Waals surface area contributed by atoms with Gasteiger partial charge in [0.2, 0.25) is 5.89 Å². The van der Waals surface area contributed by atoms with Gasteiger partial charge in [-0.3, -0.25) is 5.32 Å². The van der Waals surface area contributed by atoms with Crippen molar-refractivity contribution in [3.05, 3.63) is 66.9 Å². The summed E-state index contributed by atoms with van der Waals surface area (Å²) >= 11 is 0. The molecule has 3 N–H and O–H groups in total. The third-order valence-corrected chi connectivity index (χ3v) is 3.89. The molecule has 2 aromatic heterocycles. The number of amides is 2. The standard InChI is InChI=1S/C20H16N4O4/c25-12-27-15-7-5-14(6-8-15)22-20(26)24-18-11-13(9-10-21-18)19-23-16-3-1-2-4-17(16)28-19/h1-11,25H,12H2,(H2,21,22,24,26). The van der Waals surface area contributed by atoms with Gasteiger partial charge in [0.05, 0.1) is 0 Å². The number of anilines is 2. The molecule has 0 radical (unpaired) electrons. The lowest BCUT2D eigenvalue weighted by Gasteiger charge is -2.08. The lowest BCUT2D eigenvalue weighted by molar-refractivity contribution is 0.0985. The Balaban J connectivity index is 1.46. The zero-order valence-corrected chi connectivity index (χ0v) is 14.6. The number of oxazole rings is 1. The average Bonchev–Trinajstić information content (AvgIpc) is 3.14. The van der Waals surface area contributed by atoms with Crippen molar-refractivity contribution in [2.45, 2.75) is 0 Å². The number of nitrogens with one attached hydrogen (secondary N) is 2. The molecule has 0 saturated heterocycles. The number of pyridine rings is 1. The molecule has 0 spiro atoms. The van der Waals surface area contributed by atoms with Crippen LogP contribution in [0.25, 0.3) is 22.6 Å². The van der Waals surface area contributed by atoms with Gasteiger partial charge in [0, 0.05) is 17.4 Å². The Bertz CT molecular complexity index is 1080. The van der Waals surface area contributed by atoms with E-state index in [1.54, 1.807) is 42.6 Å². The Morgan fingerprint density at radius 2 is 1.89 bits per heavy atom. The fraction of sp³-hybridized carbons (Fsp3) is 0.0500. The topological polar surface area (TPSA) is 110 Å². The number of ether oxygens (including phenoxy) is 1. The quantitative estimate of drug-likeness (QED) is 0.456. The summed E-state index contributed by atoms with van der Waals surface area (Å²) < 4.78 is 10.7. The molecule has 0 fully saturated rings. The molecule has 0 saturated carbocycles. The fourth-order valence-corrected chi connectivity index (χ4v) is 2.62. The van der Waals surface area contributed by atoms with Gasteiger partial charge in [-0.1, -0.05) is 12.1 Å². The molecule has 0 aliphatic heterocycles. The van der Waals surface area contributed by atoms with E-state index in [-0.39, 0.29) is 0 Å². The van der Waals surface area contributed by atoms with Crippen molar-refractivity contribution < 1.29 is 19.1 Å². The zero-order chi connectivity index (χ0) is 19.3. The van der Waals surface area contributed by atoms with E-state index in [0.29, 0.717) is 34.3 Å². The van der Waals surface area contributed by atoms with Crippen LogP contribution in [-0.2, 0) is 0 Å². The second-order valence-electron chi connectivity index (χ2n) is 5.79. The SMILES string of the molecule is O=C(Nc1ccc(OCO)cc1)Nc1cc(-c2nc3ccccc3o2)ccn1. The van der Waals surface area contributed by atoms with Gasteiger partial charge in [-0.2, -0.15) is 0 Å².